The molecule has 0 saturated carbocycles. The molecule has 0 radical (unpaired) electrons. The van der Waals surface area contributed by atoms with Gasteiger partial charge in [0.15, 0.2) is 0 Å². The van der Waals surface area contributed by atoms with Gasteiger partial charge in [0.05, 0.1) is 11.8 Å². The van der Waals surface area contributed by atoms with E-state index in [0.717, 1.165) is 4.31 Å². The fourth-order valence-corrected chi connectivity index (χ4v) is 5.34. The molecule has 19 heavy (non-hydrogen) atoms. The zero-order valence-electron chi connectivity index (χ0n) is 10.4. The molecule has 9 heteroatoms. The Morgan fingerprint density at radius 1 is 1.68 bits per heavy atom. The Hall–Kier alpha value is -0.910. The van der Waals surface area contributed by atoms with Gasteiger partial charge in [-0.3, -0.25) is 0 Å². The Bertz CT molecular complexity index is 622. The van der Waals surface area contributed by atoms with Gasteiger partial charge in [0.1, 0.15) is 10.8 Å². The molecule has 2 atom stereocenters. The lowest BCUT2D eigenvalue weighted by molar-refractivity contribution is 0.508. The molecule has 0 aromatic rings. The Balaban J connectivity index is 2.46. The highest BCUT2D eigenvalue weighted by Crippen LogP contribution is 2.47. The number of allylic oxidation sites excluding steroid dienone is 1. The van der Waals surface area contributed by atoms with E-state index in [1.807, 2.05) is 0 Å². The number of thioether (sulfide) groups is 1. The Morgan fingerprint density at radius 3 is 2.79 bits per heavy atom. The quantitative estimate of drug-likeness (QED) is 0.771. The molecular formula is C10H13ClN4O2S2. The van der Waals surface area contributed by atoms with Crippen molar-refractivity contribution < 1.29 is 8.42 Å². The van der Waals surface area contributed by atoms with E-state index in [4.69, 9.17) is 22.6 Å². The average Bonchev–Trinajstić information content (AvgIpc) is 2.67. The lowest BCUT2D eigenvalue weighted by atomic mass is 10.0. The summed E-state index contributed by atoms with van der Waals surface area (Å²) in [4.78, 5) is 4.89. The predicted octanol–water partition coefficient (Wildman–Crippen LogP) is 0.814. The van der Waals surface area contributed by atoms with E-state index in [2.05, 4.69) is 11.1 Å². The third-order valence-electron chi connectivity index (χ3n) is 3.07. The van der Waals surface area contributed by atoms with Crippen LogP contribution in [-0.4, -0.2) is 42.3 Å². The first-order valence-electron chi connectivity index (χ1n) is 5.47. The van der Waals surface area contributed by atoms with Gasteiger partial charge in [-0.1, -0.05) is 11.6 Å². The first-order valence-corrected chi connectivity index (χ1v) is 8.33. The highest BCUT2D eigenvalue weighted by Gasteiger charge is 2.45. The van der Waals surface area contributed by atoms with Crippen LogP contribution < -0.4 is 5.73 Å². The van der Waals surface area contributed by atoms with Crippen molar-refractivity contribution in [1.82, 2.24) is 4.31 Å². The van der Waals surface area contributed by atoms with Crippen LogP contribution in [0.25, 0.3) is 0 Å². The van der Waals surface area contributed by atoms with Crippen molar-refractivity contribution in [3.05, 3.63) is 9.94 Å². The second kappa shape index (κ2) is 4.58. The number of hydrogen-bond donors (Lipinski definition) is 1. The topological polar surface area (TPSA) is 99.5 Å². The molecule has 0 aromatic heterocycles. The number of hydrogen-bond acceptors (Lipinski definition) is 6. The molecule has 0 saturated heterocycles. The highest BCUT2D eigenvalue weighted by molar-refractivity contribution is 8.04. The smallest absolute Gasteiger partial charge is 0.239 e. The van der Waals surface area contributed by atoms with Crippen LogP contribution in [0.2, 0.25) is 0 Å². The summed E-state index contributed by atoms with van der Waals surface area (Å²) in [5, 5.41) is 9.14. The minimum atomic E-state index is -3.51. The number of nitrogens with two attached hydrogens (primary N) is 1. The van der Waals surface area contributed by atoms with Gasteiger partial charge < -0.3 is 5.73 Å². The molecule has 0 amide bonds. The molecule has 2 rings (SSSR count). The van der Waals surface area contributed by atoms with E-state index < -0.39 is 15.6 Å². The summed E-state index contributed by atoms with van der Waals surface area (Å²) in [7, 11) is -2.15. The molecule has 104 valence electrons. The monoisotopic (exact) mass is 320 g/mol. The number of sulfonamides is 1. The number of rotatable bonds is 1. The van der Waals surface area contributed by atoms with E-state index in [9.17, 15) is 8.42 Å². The minimum absolute atomic E-state index is 0.0632. The lowest BCUT2D eigenvalue weighted by Gasteiger charge is -2.35. The Morgan fingerprint density at radius 2 is 2.32 bits per heavy atom. The van der Waals surface area contributed by atoms with Crippen molar-refractivity contribution >= 4 is 39.3 Å². The summed E-state index contributed by atoms with van der Waals surface area (Å²) in [6.07, 6.45) is 0.416. The van der Waals surface area contributed by atoms with Crippen LogP contribution in [0.1, 0.15) is 13.3 Å². The first-order chi connectivity index (χ1) is 8.69. The number of nitrogens with zero attached hydrogens (tertiary/aromatic N) is 3. The van der Waals surface area contributed by atoms with Crippen LogP contribution in [0.15, 0.2) is 14.9 Å². The number of halogens is 1. The summed E-state index contributed by atoms with van der Waals surface area (Å²) >= 11 is 7.41. The van der Waals surface area contributed by atoms with Crippen LogP contribution in [0, 0.1) is 11.3 Å². The predicted molar refractivity (Wildman–Crippen MR) is 76.1 cm³/mol. The molecule has 0 aromatic carbocycles. The van der Waals surface area contributed by atoms with Crippen LogP contribution in [0.3, 0.4) is 0 Å². The maximum Gasteiger partial charge on any atom is 0.239 e. The van der Waals surface area contributed by atoms with E-state index in [-0.39, 0.29) is 17.0 Å². The third kappa shape index (κ3) is 2.42. The molecule has 2 aliphatic rings. The van der Waals surface area contributed by atoms with Gasteiger partial charge in [-0.25, -0.2) is 17.7 Å². The molecule has 0 fully saturated rings. The van der Waals surface area contributed by atoms with E-state index >= 15 is 0 Å². The van der Waals surface area contributed by atoms with Crippen molar-refractivity contribution in [2.24, 2.45) is 10.7 Å². The third-order valence-corrected chi connectivity index (χ3v) is 6.95. The van der Waals surface area contributed by atoms with Gasteiger partial charge in [0.25, 0.3) is 0 Å². The summed E-state index contributed by atoms with van der Waals surface area (Å²) < 4.78 is 25.1. The minimum Gasteiger partial charge on any atom is -0.369 e. The van der Waals surface area contributed by atoms with Crippen molar-refractivity contribution in [3.8, 4) is 6.07 Å². The van der Waals surface area contributed by atoms with Crippen LogP contribution >= 0.6 is 23.4 Å². The number of guanidine groups is 1. The Kier molecular flexibility index (Phi) is 3.49. The lowest BCUT2D eigenvalue weighted by Crippen LogP contribution is -2.51. The van der Waals surface area contributed by atoms with Crippen LogP contribution in [-0.2, 0) is 10.0 Å². The fourth-order valence-electron chi connectivity index (χ4n) is 2.06. The van der Waals surface area contributed by atoms with Gasteiger partial charge in [0.2, 0.25) is 16.0 Å². The van der Waals surface area contributed by atoms with Crippen molar-refractivity contribution in [2.45, 2.75) is 24.1 Å². The van der Waals surface area contributed by atoms with E-state index in [1.165, 1.54) is 18.8 Å². The standard InChI is InChI=1S/C10H13ClN4O2S2/c1-10(8-7(11)3-6(4-12)18-8)5-19(16,17)15(2)9(13)14-10/h6H,3,5H2,1-2H3,(H2,13,14)/t6?,10-/m0/s1. The van der Waals surface area contributed by atoms with Gasteiger partial charge >= 0.3 is 0 Å². The largest absolute Gasteiger partial charge is 0.369 e. The van der Waals surface area contributed by atoms with E-state index in [0.29, 0.717) is 16.4 Å². The van der Waals surface area contributed by atoms with Crippen molar-refractivity contribution in [2.75, 3.05) is 12.8 Å². The van der Waals surface area contributed by atoms with Gasteiger partial charge in [-0.05, 0) is 6.92 Å². The van der Waals surface area contributed by atoms with Gasteiger partial charge in [-0.2, -0.15) is 5.26 Å². The summed E-state index contributed by atoms with van der Waals surface area (Å²) in [5.41, 5.74) is 4.66. The SMILES string of the molecule is CN1C(N)=N[C@](C)(C2=C(Cl)CC(C#N)S2)CS1(=O)=O. The highest BCUT2D eigenvalue weighted by atomic mass is 35.5. The number of nitriles is 1. The fraction of sp³-hybridized carbons (Fsp3) is 0.600. The van der Waals surface area contributed by atoms with Crippen molar-refractivity contribution in [1.29, 1.82) is 5.26 Å². The molecule has 6 nitrogen and oxygen atoms in total. The zero-order chi connectivity index (χ0) is 14.4. The maximum absolute atomic E-state index is 12.0. The maximum atomic E-state index is 12.0. The second-order valence-electron chi connectivity index (χ2n) is 4.64. The van der Waals surface area contributed by atoms with Gasteiger partial charge in [-0.15, -0.1) is 11.8 Å². The van der Waals surface area contributed by atoms with Crippen molar-refractivity contribution in [3.63, 3.8) is 0 Å². The number of aliphatic imine (C=N–C) groups is 1. The van der Waals surface area contributed by atoms with Gasteiger partial charge in [0, 0.05) is 23.4 Å². The van der Waals surface area contributed by atoms with E-state index in [1.54, 1.807) is 6.92 Å². The summed E-state index contributed by atoms with van der Waals surface area (Å²) in [5.74, 6) is -0.264. The second-order valence-corrected chi connectivity index (χ2v) is 8.31. The molecule has 2 aliphatic heterocycles. The molecular weight excluding hydrogens is 308 g/mol. The molecule has 1 unspecified atom stereocenters. The molecule has 2 N–H and O–H groups in total. The Labute approximate surface area is 121 Å². The summed E-state index contributed by atoms with van der Waals surface area (Å²) in [6, 6.07) is 2.12. The normalized spacial score (nSPS) is 34.1. The van der Waals surface area contributed by atoms with Crippen LogP contribution in [0.5, 0.6) is 0 Å². The molecule has 0 bridgehead atoms. The molecule has 2 heterocycles. The molecule has 0 aliphatic carbocycles. The molecule has 0 spiro atoms. The summed E-state index contributed by atoms with van der Waals surface area (Å²) in [6.45, 7) is 1.68. The first kappa shape index (κ1) is 14.5. The van der Waals surface area contributed by atoms with Crippen LogP contribution in [0.4, 0.5) is 0 Å². The average molecular weight is 321 g/mol. The zero-order valence-corrected chi connectivity index (χ0v) is 12.8.